The molecule has 0 unspecified atom stereocenters. The Labute approximate surface area is 104 Å². The number of para-hydroxylation sites is 1. The van der Waals surface area contributed by atoms with Crippen molar-refractivity contribution in [1.29, 1.82) is 0 Å². The van der Waals surface area contributed by atoms with E-state index in [4.69, 9.17) is 4.42 Å². The monoisotopic (exact) mass is 190 g/mol. The summed E-state index contributed by atoms with van der Waals surface area (Å²) >= 11 is 0. The second kappa shape index (κ2) is 3.77. The van der Waals surface area contributed by atoms with E-state index in [1.165, 1.54) is 0 Å². The molecule has 0 atom stereocenters. The molecule has 0 amide bonds. The summed E-state index contributed by atoms with van der Waals surface area (Å²) in [7, 11) is 0. The molecular weight excluding hydrogens is 183 g/mol. The van der Waals surface area contributed by atoms with Crippen LogP contribution >= 0.6 is 0 Å². The Bertz CT molecular complexity index is 518. The van der Waals surface area contributed by atoms with Gasteiger partial charge in [-0.1, -0.05) is 29.0 Å². The molecular formula is C12H7NaO. The van der Waals surface area contributed by atoms with Crippen LogP contribution in [-0.2, 0) is 0 Å². The van der Waals surface area contributed by atoms with E-state index in [1.54, 1.807) is 0 Å². The van der Waals surface area contributed by atoms with Gasteiger partial charge in [-0.05, 0) is 6.07 Å². The van der Waals surface area contributed by atoms with Crippen LogP contribution in [0.25, 0.3) is 21.9 Å². The number of hydrogen-bond donors (Lipinski definition) is 0. The van der Waals surface area contributed by atoms with Crippen molar-refractivity contribution in [1.82, 2.24) is 0 Å². The van der Waals surface area contributed by atoms with Crippen LogP contribution in [0.5, 0.6) is 0 Å². The maximum Gasteiger partial charge on any atom is 1.00 e. The van der Waals surface area contributed by atoms with Crippen molar-refractivity contribution in [2.75, 3.05) is 0 Å². The molecule has 0 fully saturated rings. The van der Waals surface area contributed by atoms with Crippen LogP contribution in [0.2, 0.25) is 0 Å². The van der Waals surface area contributed by atoms with Crippen LogP contribution < -0.4 is 29.6 Å². The summed E-state index contributed by atoms with van der Waals surface area (Å²) in [4.78, 5) is 0. The molecule has 0 spiro atoms. The van der Waals surface area contributed by atoms with Gasteiger partial charge >= 0.3 is 29.6 Å². The Balaban J connectivity index is 0.000000750. The first-order valence-electron chi connectivity index (χ1n) is 4.23. The van der Waals surface area contributed by atoms with Crippen LogP contribution in [0.3, 0.4) is 0 Å². The molecule has 0 radical (unpaired) electrons. The summed E-state index contributed by atoms with van der Waals surface area (Å²) in [6.45, 7) is 0. The average Bonchev–Trinajstić information content (AvgIpc) is 2.56. The van der Waals surface area contributed by atoms with Crippen LogP contribution in [0, 0.1) is 6.07 Å². The third-order valence-corrected chi connectivity index (χ3v) is 2.19. The van der Waals surface area contributed by atoms with Gasteiger partial charge in [0.2, 0.25) is 0 Å². The fourth-order valence-electron chi connectivity index (χ4n) is 1.60. The van der Waals surface area contributed by atoms with Crippen molar-refractivity contribution in [3.63, 3.8) is 0 Å². The number of rotatable bonds is 0. The van der Waals surface area contributed by atoms with Gasteiger partial charge in [-0.3, -0.25) is 0 Å². The zero-order valence-electron chi connectivity index (χ0n) is 7.95. The molecule has 0 N–H and O–H groups in total. The third kappa shape index (κ3) is 1.38. The Morgan fingerprint density at radius 1 is 0.929 bits per heavy atom. The van der Waals surface area contributed by atoms with E-state index in [0.717, 1.165) is 21.9 Å². The molecule has 14 heavy (non-hydrogen) atoms. The fraction of sp³-hybridized carbons (Fsp3) is 0. The van der Waals surface area contributed by atoms with Crippen molar-refractivity contribution in [3.8, 4) is 0 Å². The minimum atomic E-state index is 0. The molecule has 1 heterocycles. The second-order valence-corrected chi connectivity index (χ2v) is 3.01. The molecule has 0 saturated heterocycles. The summed E-state index contributed by atoms with van der Waals surface area (Å²) in [5, 5.41) is 2.20. The van der Waals surface area contributed by atoms with Gasteiger partial charge in [0.1, 0.15) is 0 Å². The van der Waals surface area contributed by atoms with Crippen molar-refractivity contribution in [2.24, 2.45) is 0 Å². The van der Waals surface area contributed by atoms with E-state index >= 15 is 0 Å². The largest absolute Gasteiger partial charge is 1.00 e. The van der Waals surface area contributed by atoms with E-state index in [9.17, 15) is 0 Å². The molecule has 3 aromatic rings. The predicted molar refractivity (Wildman–Crippen MR) is 52.6 cm³/mol. The van der Waals surface area contributed by atoms with Gasteiger partial charge in [0.15, 0.2) is 0 Å². The number of benzene rings is 2. The first-order chi connectivity index (χ1) is 6.45. The fourth-order valence-corrected chi connectivity index (χ4v) is 1.60. The first kappa shape index (κ1) is 9.78. The maximum absolute atomic E-state index is 5.62. The van der Waals surface area contributed by atoms with Crippen LogP contribution in [0.4, 0.5) is 0 Å². The van der Waals surface area contributed by atoms with Gasteiger partial charge in [0.05, 0.1) is 5.58 Å². The van der Waals surface area contributed by atoms with Gasteiger partial charge in [0.25, 0.3) is 0 Å². The molecule has 1 nitrogen and oxygen atoms in total. The van der Waals surface area contributed by atoms with E-state index in [2.05, 4.69) is 12.1 Å². The number of fused-ring (bicyclic) bond motifs is 3. The predicted octanol–water partition coefficient (Wildman–Crippen LogP) is 0.390. The number of furan rings is 1. The molecule has 0 aliphatic heterocycles. The maximum atomic E-state index is 5.62. The van der Waals surface area contributed by atoms with Crippen molar-refractivity contribution in [3.05, 3.63) is 48.5 Å². The van der Waals surface area contributed by atoms with E-state index < -0.39 is 0 Å². The zero-order chi connectivity index (χ0) is 8.67. The Morgan fingerprint density at radius 2 is 1.71 bits per heavy atom. The molecule has 0 saturated carbocycles. The molecule has 1 aromatic heterocycles. The van der Waals surface area contributed by atoms with Crippen molar-refractivity contribution < 1.29 is 34.0 Å². The van der Waals surface area contributed by atoms with E-state index in [1.807, 2.05) is 36.4 Å². The van der Waals surface area contributed by atoms with Crippen LogP contribution in [0.15, 0.2) is 46.9 Å². The normalized spacial score (nSPS) is 10.3. The average molecular weight is 190 g/mol. The third-order valence-electron chi connectivity index (χ3n) is 2.19. The van der Waals surface area contributed by atoms with Gasteiger partial charge in [-0.2, -0.15) is 0 Å². The Morgan fingerprint density at radius 3 is 2.64 bits per heavy atom. The second-order valence-electron chi connectivity index (χ2n) is 3.01. The minimum absolute atomic E-state index is 0. The molecule has 0 bridgehead atoms. The van der Waals surface area contributed by atoms with E-state index in [-0.39, 0.29) is 29.6 Å². The molecule has 3 rings (SSSR count). The summed E-state index contributed by atoms with van der Waals surface area (Å²) in [6, 6.07) is 17.0. The van der Waals surface area contributed by atoms with Crippen LogP contribution in [-0.4, -0.2) is 0 Å². The van der Waals surface area contributed by atoms with Gasteiger partial charge in [-0.25, -0.2) is 0 Å². The summed E-state index contributed by atoms with van der Waals surface area (Å²) in [5.74, 6) is 0. The number of hydrogen-bond acceptors (Lipinski definition) is 1. The van der Waals surface area contributed by atoms with Gasteiger partial charge in [0, 0.05) is 5.58 Å². The molecule has 0 aliphatic carbocycles. The van der Waals surface area contributed by atoms with Crippen molar-refractivity contribution >= 4 is 21.9 Å². The standard InChI is InChI=1S/C12H7O.Na/c1-3-7-11-9(5-1)10-6-2-4-8-12(10)13-11;/h1-5,7-8H;/q-1;+1. The van der Waals surface area contributed by atoms with Crippen molar-refractivity contribution in [2.45, 2.75) is 0 Å². The Hall–Kier alpha value is -0.760. The SMILES string of the molecule is [Na+].[c-]1cccc2oc3ccccc3c12. The molecule has 62 valence electrons. The molecule has 2 aromatic carbocycles. The quantitative estimate of drug-likeness (QED) is 0.369. The zero-order valence-corrected chi connectivity index (χ0v) is 9.95. The van der Waals surface area contributed by atoms with Crippen LogP contribution in [0.1, 0.15) is 0 Å². The first-order valence-corrected chi connectivity index (χ1v) is 4.23. The summed E-state index contributed by atoms with van der Waals surface area (Å²) in [5.41, 5.74) is 1.84. The molecule has 2 heteroatoms. The smallest absolute Gasteiger partial charge is 0.510 e. The Kier molecular flexibility index (Phi) is 2.64. The topological polar surface area (TPSA) is 13.1 Å². The van der Waals surface area contributed by atoms with Gasteiger partial charge < -0.3 is 4.42 Å². The van der Waals surface area contributed by atoms with Gasteiger partial charge in [-0.15, -0.1) is 24.3 Å². The summed E-state index contributed by atoms with van der Waals surface area (Å²) in [6.07, 6.45) is 0. The molecule has 0 aliphatic rings. The van der Waals surface area contributed by atoms with E-state index in [0.29, 0.717) is 0 Å². The summed E-state index contributed by atoms with van der Waals surface area (Å²) < 4.78 is 5.62. The minimum Gasteiger partial charge on any atom is -0.510 e.